The topological polar surface area (TPSA) is 72.8 Å². The Bertz CT molecular complexity index is 755. The number of rotatable bonds is 1. The lowest BCUT2D eigenvalue weighted by Crippen LogP contribution is -2.32. The molecule has 5 nitrogen and oxygen atoms in total. The molecule has 1 aromatic carbocycles. The number of ketones is 2. The predicted molar refractivity (Wildman–Crippen MR) is 80.0 cm³/mol. The van der Waals surface area contributed by atoms with Crippen molar-refractivity contribution in [3.05, 3.63) is 28.3 Å². The number of carbonyl (C=O) groups is 2. The van der Waals surface area contributed by atoms with Crippen molar-refractivity contribution in [1.29, 1.82) is 0 Å². The molecule has 116 valence electrons. The average Bonchev–Trinajstić information content (AvgIpc) is 2.66. The van der Waals surface area contributed by atoms with Crippen LogP contribution in [0, 0.1) is 12.3 Å². The quantitative estimate of drug-likeness (QED) is 0.807. The summed E-state index contributed by atoms with van der Waals surface area (Å²) in [6, 6.07) is 1.52. The number of Topliss-reactive ketones (excluding diaryl/α,β-unsaturated/α-hetero) is 2. The van der Waals surface area contributed by atoms with Crippen molar-refractivity contribution < 1.29 is 24.2 Å². The minimum absolute atomic E-state index is 0.0199. The summed E-state index contributed by atoms with van der Waals surface area (Å²) in [6.45, 7) is 7.43. The zero-order chi connectivity index (χ0) is 16.4. The molecular weight excluding hydrogens is 284 g/mol. The third kappa shape index (κ3) is 1.59. The molecule has 1 N–H and O–H groups in total. The lowest BCUT2D eigenvalue weighted by Gasteiger charge is -2.25. The molecule has 0 saturated heterocycles. The van der Waals surface area contributed by atoms with Crippen molar-refractivity contribution in [3.63, 3.8) is 0 Å². The van der Waals surface area contributed by atoms with Crippen LogP contribution in [0.15, 0.2) is 11.6 Å². The van der Waals surface area contributed by atoms with E-state index < -0.39 is 17.0 Å². The van der Waals surface area contributed by atoms with Crippen molar-refractivity contribution >= 4 is 17.3 Å². The Morgan fingerprint density at radius 3 is 2.45 bits per heavy atom. The number of hydrogen-bond acceptors (Lipinski definition) is 5. The van der Waals surface area contributed by atoms with Crippen LogP contribution in [0.4, 0.5) is 0 Å². The van der Waals surface area contributed by atoms with Gasteiger partial charge < -0.3 is 14.6 Å². The molecule has 1 unspecified atom stereocenters. The number of carbonyl (C=O) groups excluding carboxylic acids is 2. The van der Waals surface area contributed by atoms with Gasteiger partial charge in [0.2, 0.25) is 11.6 Å². The Labute approximate surface area is 128 Å². The Morgan fingerprint density at radius 2 is 1.86 bits per heavy atom. The fourth-order valence-corrected chi connectivity index (χ4v) is 3.18. The van der Waals surface area contributed by atoms with Crippen LogP contribution in [0.2, 0.25) is 0 Å². The Balaban J connectivity index is 2.42. The zero-order valence-corrected chi connectivity index (χ0v) is 13.2. The zero-order valence-electron chi connectivity index (χ0n) is 13.2. The summed E-state index contributed by atoms with van der Waals surface area (Å²) >= 11 is 0. The average molecular weight is 302 g/mol. The molecule has 0 fully saturated rings. The highest BCUT2D eigenvalue weighted by Crippen LogP contribution is 2.52. The molecule has 3 rings (SSSR count). The molecule has 2 aliphatic rings. The third-order valence-corrected chi connectivity index (χ3v) is 4.73. The number of methoxy groups -OCH3 is 1. The minimum atomic E-state index is -0.657. The van der Waals surface area contributed by atoms with Gasteiger partial charge in [-0.2, -0.15) is 0 Å². The third-order valence-electron chi connectivity index (χ3n) is 4.73. The summed E-state index contributed by atoms with van der Waals surface area (Å²) in [7, 11) is 1.36. The summed E-state index contributed by atoms with van der Waals surface area (Å²) in [5.74, 6) is -0.941. The van der Waals surface area contributed by atoms with E-state index in [1.807, 2.05) is 20.8 Å². The van der Waals surface area contributed by atoms with Gasteiger partial charge in [0, 0.05) is 11.0 Å². The molecule has 1 aliphatic heterocycles. The number of phenolic OH excluding ortho intramolecular Hbond substituents is 1. The van der Waals surface area contributed by atoms with Crippen LogP contribution in [0.5, 0.6) is 11.5 Å². The lowest BCUT2D eigenvalue weighted by atomic mass is 9.73. The molecule has 1 aliphatic carbocycles. The van der Waals surface area contributed by atoms with Crippen LogP contribution in [0.25, 0.3) is 5.76 Å². The molecule has 0 bridgehead atoms. The second kappa shape index (κ2) is 4.35. The van der Waals surface area contributed by atoms with Gasteiger partial charge in [-0.25, -0.2) is 0 Å². The van der Waals surface area contributed by atoms with Gasteiger partial charge in [-0.15, -0.1) is 0 Å². The van der Waals surface area contributed by atoms with Crippen molar-refractivity contribution in [1.82, 2.24) is 0 Å². The molecule has 0 amide bonds. The van der Waals surface area contributed by atoms with Gasteiger partial charge in [-0.1, -0.05) is 13.8 Å². The Morgan fingerprint density at radius 1 is 1.23 bits per heavy atom. The first-order valence-electron chi connectivity index (χ1n) is 7.13. The highest BCUT2D eigenvalue weighted by atomic mass is 16.5. The first-order valence-corrected chi connectivity index (χ1v) is 7.13. The first-order chi connectivity index (χ1) is 10.2. The van der Waals surface area contributed by atoms with Crippen LogP contribution in [-0.2, 0) is 9.53 Å². The van der Waals surface area contributed by atoms with Crippen molar-refractivity contribution in [2.75, 3.05) is 7.11 Å². The number of ether oxygens (including phenoxy) is 2. The molecule has 5 heteroatoms. The van der Waals surface area contributed by atoms with Crippen molar-refractivity contribution in [2.45, 2.75) is 33.8 Å². The second-order valence-electron chi connectivity index (χ2n) is 6.34. The number of phenols is 1. The number of fused-ring (bicyclic) bond motifs is 2. The number of hydrogen-bond donors (Lipinski definition) is 1. The number of benzene rings is 1. The van der Waals surface area contributed by atoms with E-state index >= 15 is 0 Å². The molecule has 1 heterocycles. The molecule has 0 aromatic heterocycles. The molecule has 1 aromatic rings. The largest absolute Gasteiger partial charge is 0.504 e. The molecule has 0 saturated carbocycles. The van der Waals surface area contributed by atoms with Crippen molar-refractivity contribution in [2.24, 2.45) is 5.41 Å². The number of aryl methyl sites for hydroxylation is 1. The fraction of sp³-hybridized carbons (Fsp3) is 0.412. The van der Waals surface area contributed by atoms with Crippen molar-refractivity contribution in [3.8, 4) is 11.5 Å². The van der Waals surface area contributed by atoms with Crippen LogP contribution < -0.4 is 4.74 Å². The lowest BCUT2D eigenvalue weighted by molar-refractivity contribution is -0.112. The maximum absolute atomic E-state index is 12.6. The summed E-state index contributed by atoms with van der Waals surface area (Å²) in [5, 5.41) is 10.0. The van der Waals surface area contributed by atoms with E-state index in [9.17, 15) is 14.7 Å². The number of aromatic hydroxyl groups is 1. The Hall–Kier alpha value is -2.30. The first kappa shape index (κ1) is 14.6. The van der Waals surface area contributed by atoms with Gasteiger partial charge in [0.25, 0.3) is 0 Å². The molecule has 22 heavy (non-hydrogen) atoms. The maximum Gasteiger partial charge on any atom is 0.237 e. The van der Waals surface area contributed by atoms with E-state index in [4.69, 9.17) is 9.47 Å². The van der Waals surface area contributed by atoms with E-state index in [2.05, 4.69) is 0 Å². The van der Waals surface area contributed by atoms with E-state index in [-0.39, 0.29) is 23.2 Å². The standard InChI is InChI=1S/C17H18O5/c1-7-6-9(18)15(21-5)11-10(7)16-12(14(20)13(11)19)17(3,4)8(2)22-16/h6,8,18H,1-5H3. The van der Waals surface area contributed by atoms with Gasteiger partial charge in [0.15, 0.2) is 11.5 Å². The predicted octanol–water partition coefficient (Wildman–Crippen LogP) is 2.63. The van der Waals surface area contributed by atoms with E-state index in [0.717, 1.165) is 0 Å². The van der Waals surface area contributed by atoms with Crippen LogP contribution in [0.3, 0.4) is 0 Å². The van der Waals surface area contributed by atoms with E-state index in [1.54, 1.807) is 6.92 Å². The highest BCUT2D eigenvalue weighted by molar-refractivity contribution is 6.53. The fourth-order valence-electron chi connectivity index (χ4n) is 3.18. The van der Waals surface area contributed by atoms with E-state index in [1.165, 1.54) is 13.2 Å². The van der Waals surface area contributed by atoms with Gasteiger partial charge >= 0.3 is 0 Å². The summed E-state index contributed by atoms with van der Waals surface area (Å²) in [4.78, 5) is 25.2. The Kier molecular flexibility index (Phi) is 2.89. The smallest absolute Gasteiger partial charge is 0.237 e. The highest BCUT2D eigenvalue weighted by Gasteiger charge is 2.51. The molecule has 1 atom stereocenters. The van der Waals surface area contributed by atoms with Crippen LogP contribution in [0.1, 0.15) is 42.3 Å². The molecular formula is C17H18O5. The maximum atomic E-state index is 12.6. The molecule has 0 radical (unpaired) electrons. The van der Waals surface area contributed by atoms with Gasteiger partial charge in [0.1, 0.15) is 11.9 Å². The van der Waals surface area contributed by atoms with Gasteiger partial charge in [-0.3, -0.25) is 9.59 Å². The summed E-state index contributed by atoms with van der Waals surface area (Å²) in [6.07, 6.45) is -0.223. The summed E-state index contributed by atoms with van der Waals surface area (Å²) < 4.78 is 11.1. The monoisotopic (exact) mass is 302 g/mol. The van der Waals surface area contributed by atoms with Gasteiger partial charge in [-0.05, 0) is 25.5 Å². The summed E-state index contributed by atoms with van der Waals surface area (Å²) in [5.41, 5.74) is 1.18. The minimum Gasteiger partial charge on any atom is -0.504 e. The SMILES string of the molecule is COc1c(O)cc(C)c2c1C(=O)C(=O)C1=C2OC(C)C1(C)C. The van der Waals surface area contributed by atoms with Gasteiger partial charge in [0.05, 0.1) is 18.2 Å². The molecule has 0 spiro atoms. The normalized spacial score (nSPS) is 22.3. The van der Waals surface area contributed by atoms with Crippen LogP contribution >= 0.6 is 0 Å². The van der Waals surface area contributed by atoms with E-state index in [0.29, 0.717) is 22.5 Å². The second-order valence-corrected chi connectivity index (χ2v) is 6.34. The van der Waals surface area contributed by atoms with Crippen LogP contribution in [-0.4, -0.2) is 29.9 Å².